The maximum absolute atomic E-state index is 12.1. The van der Waals surface area contributed by atoms with Crippen LogP contribution in [0, 0.1) is 0 Å². The van der Waals surface area contributed by atoms with Crippen molar-refractivity contribution in [2.24, 2.45) is 12.8 Å². The van der Waals surface area contributed by atoms with E-state index in [9.17, 15) is 13.2 Å². The fraction of sp³-hybridized carbons (Fsp3) is 0.385. The van der Waals surface area contributed by atoms with Crippen LogP contribution in [0.2, 0.25) is 0 Å². The number of ether oxygens (including phenoxy) is 1. The molecule has 0 saturated carbocycles. The molecule has 0 unspecified atom stereocenters. The lowest BCUT2D eigenvalue weighted by atomic mass is 10.2. The highest BCUT2D eigenvalue weighted by Gasteiger charge is 2.30. The van der Waals surface area contributed by atoms with E-state index in [1.807, 2.05) is 11.6 Å². The van der Waals surface area contributed by atoms with E-state index < -0.39 is 6.36 Å². The van der Waals surface area contributed by atoms with Crippen LogP contribution < -0.4 is 10.5 Å². The second kappa shape index (κ2) is 7.01. The Balaban J connectivity index is 1.94. The van der Waals surface area contributed by atoms with Gasteiger partial charge in [0, 0.05) is 19.2 Å². The van der Waals surface area contributed by atoms with Gasteiger partial charge in [0.1, 0.15) is 11.6 Å². The Morgan fingerprint density at radius 3 is 2.50 bits per heavy atom. The zero-order chi connectivity index (χ0) is 16.2. The Morgan fingerprint density at radius 1 is 1.23 bits per heavy atom. The van der Waals surface area contributed by atoms with Gasteiger partial charge in [-0.1, -0.05) is 23.9 Å². The maximum Gasteiger partial charge on any atom is 0.573 e. The van der Waals surface area contributed by atoms with E-state index in [0.29, 0.717) is 18.7 Å². The van der Waals surface area contributed by atoms with Crippen molar-refractivity contribution in [2.45, 2.75) is 23.7 Å². The lowest BCUT2D eigenvalue weighted by Gasteiger charge is -2.09. The Morgan fingerprint density at radius 2 is 1.91 bits per heavy atom. The van der Waals surface area contributed by atoms with Gasteiger partial charge in [-0.05, 0) is 24.2 Å². The fourth-order valence-electron chi connectivity index (χ4n) is 1.75. The highest BCUT2D eigenvalue weighted by Crippen LogP contribution is 2.25. The van der Waals surface area contributed by atoms with Gasteiger partial charge in [0.25, 0.3) is 0 Å². The van der Waals surface area contributed by atoms with Crippen molar-refractivity contribution < 1.29 is 17.9 Å². The van der Waals surface area contributed by atoms with Crippen molar-refractivity contribution in [3.8, 4) is 5.75 Å². The number of thioether (sulfide) groups is 1. The molecule has 0 saturated heterocycles. The lowest BCUT2D eigenvalue weighted by molar-refractivity contribution is -0.274. The van der Waals surface area contributed by atoms with E-state index >= 15 is 0 Å². The maximum atomic E-state index is 12.1. The van der Waals surface area contributed by atoms with Crippen LogP contribution in [-0.4, -0.2) is 27.7 Å². The molecular weight excluding hydrogens is 317 g/mol. The molecule has 0 aliphatic rings. The Bertz CT molecular complexity index is 613. The number of aromatic nitrogens is 3. The molecule has 0 aliphatic carbocycles. The number of nitrogens with zero attached hydrogens (tertiary/aromatic N) is 3. The van der Waals surface area contributed by atoms with Crippen LogP contribution in [0.4, 0.5) is 13.2 Å². The summed E-state index contributed by atoms with van der Waals surface area (Å²) in [6, 6.07) is 5.76. The van der Waals surface area contributed by atoms with Crippen molar-refractivity contribution in [3.05, 3.63) is 35.7 Å². The second-order valence-corrected chi connectivity index (χ2v) is 5.42. The van der Waals surface area contributed by atoms with Gasteiger partial charge in [0.05, 0.1) is 0 Å². The molecule has 2 rings (SSSR count). The summed E-state index contributed by atoms with van der Waals surface area (Å²) in [5.41, 5.74) is 6.35. The third-order valence-electron chi connectivity index (χ3n) is 2.82. The number of alkyl halides is 3. The van der Waals surface area contributed by atoms with E-state index in [4.69, 9.17) is 5.73 Å². The Hall–Kier alpha value is -1.74. The molecule has 0 spiro atoms. The van der Waals surface area contributed by atoms with Crippen molar-refractivity contribution >= 4 is 11.8 Å². The lowest BCUT2D eigenvalue weighted by Crippen LogP contribution is -2.16. The van der Waals surface area contributed by atoms with Gasteiger partial charge in [-0.3, -0.25) is 0 Å². The van der Waals surface area contributed by atoms with E-state index in [0.717, 1.165) is 16.5 Å². The summed E-state index contributed by atoms with van der Waals surface area (Å²) < 4.78 is 41.9. The van der Waals surface area contributed by atoms with E-state index in [-0.39, 0.29) is 5.75 Å². The molecule has 1 aromatic heterocycles. The first-order chi connectivity index (χ1) is 10.4. The smallest absolute Gasteiger partial charge is 0.406 e. The minimum atomic E-state index is -4.67. The van der Waals surface area contributed by atoms with E-state index in [1.54, 1.807) is 12.1 Å². The highest BCUT2D eigenvalue weighted by molar-refractivity contribution is 7.98. The summed E-state index contributed by atoms with van der Waals surface area (Å²) in [4.78, 5) is 0. The van der Waals surface area contributed by atoms with Crippen LogP contribution in [0.15, 0.2) is 29.4 Å². The Kier molecular flexibility index (Phi) is 5.30. The van der Waals surface area contributed by atoms with Crippen LogP contribution in [0.1, 0.15) is 11.4 Å². The standard InChI is InChI=1S/C13H15F3N4OS/c1-20-11(6-7-17)18-19-12(20)22-8-9-2-4-10(5-3-9)21-13(14,15)16/h2-5H,6-8,17H2,1H3. The highest BCUT2D eigenvalue weighted by atomic mass is 32.2. The fourth-order valence-corrected chi connectivity index (χ4v) is 2.64. The monoisotopic (exact) mass is 332 g/mol. The molecule has 2 N–H and O–H groups in total. The summed E-state index contributed by atoms with van der Waals surface area (Å²) in [6.07, 6.45) is -4.03. The molecular formula is C13H15F3N4OS. The number of nitrogens with two attached hydrogens (primary N) is 1. The summed E-state index contributed by atoms with van der Waals surface area (Å²) in [6.45, 7) is 0.497. The number of halogens is 3. The first kappa shape index (κ1) is 16.6. The summed E-state index contributed by atoms with van der Waals surface area (Å²) in [7, 11) is 1.85. The molecule has 1 aromatic carbocycles. The zero-order valence-electron chi connectivity index (χ0n) is 11.8. The molecule has 1 heterocycles. The summed E-state index contributed by atoms with van der Waals surface area (Å²) in [5.74, 6) is 1.14. The van der Waals surface area contributed by atoms with Crippen LogP contribution in [-0.2, 0) is 19.2 Å². The number of hydrogen-bond acceptors (Lipinski definition) is 5. The van der Waals surface area contributed by atoms with Gasteiger partial charge in [-0.15, -0.1) is 23.4 Å². The largest absolute Gasteiger partial charge is 0.573 e. The average Bonchev–Trinajstić information content (AvgIpc) is 2.78. The van der Waals surface area contributed by atoms with Gasteiger partial charge in [-0.2, -0.15) is 0 Å². The Labute approximate surface area is 129 Å². The molecule has 22 heavy (non-hydrogen) atoms. The van der Waals surface area contributed by atoms with Crippen LogP contribution in [0.25, 0.3) is 0 Å². The van der Waals surface area contributed by atoms with E-state index in [2.05, 4.69) is 14.9 Å². The SMILES string of the molecule is Cn1c(CCN)nnc1SCc1ccc(OC(F)(F)F)cc1. The molecule has 0 fully saturated rings. The minimum absolute atomic E-state index is 0.231. The predicted octanol–water partition coefficient (Wildman–Crippen LogP) is 2.51. The molecule has 0 bridgehead atoms. The molecule has 0 amide bonds. The predicted molar refractivity (Wildman–Crippen MR) is 76.4 cm³/mol. The van der Waals surface area contributed by atoms with Gasteiger partial charge in [-0.25, -0.2) is 0 Å². The molecule has 0 atom stereocenters. The molecule has 9 heteroatoms. The second-order valence-electron chi connectivity index (χ2n) is 4.48. The first-order valence-corrected chi connectivity index (χ1v) is 7.43. The van der Waals surface area contributed by atoms with Gasteiger partial charge < -0.3 is 15.0 Å². The minimum Gasteiger partial charge on any atom is -0.406 e. The van der Waals surface area contributed by atoms with Crippen molar-refractivity contribution in [1.29, 1.82) is 0 Å². The molecule has 0 radical (unpaired) electrons. The zero-order valence-corrected chi connectivity index (χ0v) is 12.6. The molecule has 120 valence electrons. The first-order valence-electron chi connectivity index (χ1n) is 6.45. The third kappa shape index (κ3) is 4.63. The third-order valence-corrected chi connectivity index (χ3v) is 3.91. The van der Waals surface area contributed by atoms with Crippen LogP contribution >= 0.6 is 11.8 Å². The molecule has 0 aliphatic heterocycles. The quantitative estimate of drug-likeness (QED) is 0.824. The van der Waals surface area contributed by atoms with Gasteiger partial charge in [0.15, 0.2) is 5.16 Å². The van der Waals surface area contributed by atoms with E-state index in [1.165, 1.54) is 23.9 Å². The van der Waals surface area contributed by atoms with Crippen LogP contribution in [0.5, 0.6) is 5.75 Å². The molecule has 2 aromatic rings. The summed E-state index contributed by atoms with van der Waals surface area (Å²) >= 11 is 1.45. The summed E-state index contributed by atoms with van der Waals surface area (Å²) in [5, 5.41) is 8.84. The topological polar surface area (TPSA) is 66.0 Å². The number of benzene rings is 1. The van der Waals surface area contributed by atoms with Crippen molar-refractivity contribution in [2.75, 3.05) is 6.54 Å². The van der Waals surface area contributed by atoms with Crippen LogP contribution in [0.3, 0.4) is 0 Å². The average molecular weight is 332 g/mol. The van der Waals surface area contributed by atoms with Crippen molar-refractivity contribution in [1.82, 2.24) is 14.8 Å². The van der Waals surface area contributed by atoms with Gasteiger partial charge >= 0.3 is 6.36 Å². The van der Waals surface area contributed by atoms with Crippen molar-refractivity contribution in [3.63, 3.8) is 0 Å². The number of hydrogen-bond donors (Lipinski definition) is 1. The number of rotatable bonds is 6. The molecule has 5 nitrogen and oxygen atoms in total. The van der Waals surface area contributed by atoms with Gasteiger partial charge in [0.2, 0.25) is 0 Å². The normalized spacial score (nSPS) is 11.7.